The summed E-state index contributed by atoms with van der Waals surface area (Å²) in [5, 5.41) is 2.74. The Morgan fingerprint density at radius 3 is 2.29 bits per heavy atom. The minimum absolute atomic E-state index is 0.191. The fourth-order valence-electron chi connectivity index (χ4n) is 2.54. The fraction of sp³-hybridized carbons (Fsp3) is 0.316. The highest BCUT2D eigenvalue weighted by molar-refractivity contribution is 7.90. The van der Waals surface area contributed by atoms with Gasteiger partial charge in [-0.1, -0.05) is 24.3 Å². The largest absolute Gasteiger partial charge is 0.497 e. The van der Waals surface area contributed by atoms with Crippen molar-refractivity contribution < 1.29 is 22.3 Å². The number of hydrogen-bond acceptors (Lipinski definition) is 4. The van der Waals surface area contributed by atoms with Gasteiger partial charge in [-0.25, -0.2) is 8.70 Å². The Hall–Kier alpha value is -2.65. The lowest BCUT2D eigenvalue weighted by Crippen LogP contribution is -2.46. The molecule has 0 aromatic heterocycles. The summed E-state index contributed by atoms with van der Waals surface area (Å²) in [7, 11) is 0.129. The van der Waals surface area contributed by atoms with Crippen molar-refractivity contribution in [1.82, 2.24) is 9.62 Å². The molecule has 0 heterocycles. The van der Waals surface area contributed by atoms with Crippen molar-refractivity contribution in [3.8, 4) is 5.75 Å². The van der Waals surface area contributed by atoms with Crippen LogP contribution in [0.5, 0.6) is 5.75 Å². The predicted molar refractivity (Wildman–Crippen MR) is 106 cm³/mol. The van der Waals surface area contributed by atoms with Crippen LogP contribution in [0.4, 0.5) is 10.1 Å². The van der Waals surface area contributed by atoms with Crippen LogP contribution in [0.3, 0.4) is 0 Å². The smallest absolute Gasteiger partial charge is 0.304 e. The molecule has 0 aliphatic rings. The monoisotopic (exact) mass is 409 g/mol. The van der Waals surface area contributed by atoms with Crippen LogP contribution >= 0.6 is 0 Å². The third kappa shape index (κ3) is 4.99. The summed E-state index contributed by atoms with van der Waals surface area (Å²) in [6.07, 6.45) is 0. The number of carbonyl (C=O) groups excluding carboxylic acids is 1. The third-order valence-electron chi connectivity index (χ3n) is 4.14. The molecule has 1 N–H and O–H groups in total. The first-order chi connectivity index (χ1) is 13.2. The molecule has 0 aliphatic carbocycles. The van der Waals surface area contributed by atoms with E-state index in [-0.39, 0.29) is 11.7 Å². The number of ether oxygens (including phenoxy) is 1. The molecule has 2 aromatic rings. The van der Waals surface area contributed by atoms with Gasteiger partial charge in [-0.3, -0.25) is 4.79 Å². The van der Waals surface area contributed by atoms with Gasteiger partial charge in [0, 0.05) is 14.1 Å². The number of para-hydroxylation sites is 1. The minimum atomic E-state index is -4.07. The predicted octanol–water partition coefficient (Wildman–Crippen LogP) is 2.32. The molecule has 28 heavy (non-hydrogen) atoms. The standard InChI is InChI=1S/C19H24FN3O4S/c1-14(15-9-11-16(27-4)12-10-15)21-19(24)13-23(28(25,26)22(2)3)18-8-6-5-7-17(18)20/h5-12,14H,13H2,1-4H3,(H,21,24). The molecule has 0 saturated carbocycles. The van der Waals surface area contributed by atoms with Crippen molar-refractivity contribution in [2.75, 3.05) is 32.1 Å². The molecule has 1 unspecified atom stereocenters. The number of carbonyl (C=O) groups is 1. The van der Waals surface area contributed by atoms with Crippen molar-refractivity contribution in [3.05, 3.63) is 59.9 Å². The number of anilines is 1. The highest BCUT2D eigenvalue weighted by Gasteiger charge is 2.29. The molecule has 2 aromatic carbocycles. The maximum absolute atomic E-state index is 14.2. The lowest BCUT2D eigenvalue weighted by molar-refractivity contribution is -0.120. The second-order valence-electron chi connectivity index (χ2n) is 6.31. The van der Waals surface area contributed by atoms with Gasteiger partial charge in [0.05, 0.1) is 18.8 Å². The Balaban J connectivity index is 2.21. The Morgan fingerprint density at radius 1 is 1.14 bits per heavy atom. The van der Waals surface area contributed by atoms with Crippen LogP contribution in [0.25, 0.3) is 0 Å². The van der Waals surface area contributed by atoms with E-state index in [0.717, 1.165) is 20.2 Å². The minimum Gasteiger partial charge on any atom is -0.497 e. The van der Waals surface area contributed by atoms with Crippen LogP contribution in [0.1, 0.15) is 18.5 Å². The second kappa shape index (κ2) is 9.03. The molecule has 0 fully saturated rings. The van der Waals surface area contributed by atoms with E-state index < -0.39 is 28.5 Å². The normalized spacial score (nSPS) is 12.5. The average Bonchev–Trinajstić information content (AvgIpc) is 2.66. The zero-order valence-corrected chi connectivity index (χ0v) is 17.0. The van der Waals surface area contributed by atoms with E-state index in [1.807, 2.05) is 0 Å². The molecule has 152 valence electrons. The van der Waals surface area contributed by atoms with Crippen LogP contribution in [-0.4, -0.2) is 46.4 Å². The van der Waals surface area contributed by atoms with Gasteiger partial charge in [0.15, 0.2) is 0 Å². The van der Waals surface area contributed by atoms with Crippen molar-refractivity contribution in [2.24, 2.45) is 0 Å². The van der Waals surface area contributed by atoms with Crippen LogP contribution < -0.4 is 14.4 Å². The Morgan fingerprint density at radius 2 is 1.75 bits per heavy atom. The number of nitrogens with zero attached hydrogens (tertiary/aromatic N) is 2. The summed E-state index contributed by atoms with van der Waals surface area (Å²) in [5.41, 5.74) is 0.630. The van der Waals surface area contributed by atoms with Gasteiger partial charge in [-0.2, -0.15) is 12.7 Å². The van der Waals surface area contributed by atoms with E-state index in [2.05, 4.69) is 5.32 Å². The van der Waals surface area contributed by atoms with Crippen molar-refractivity contribution in [1.29, 1.82) is 0 Å². The Bertz CT molecular complexity index is 917. The molecule has 2 rings (SSSR count). The summed E-state index contributed by atoms with van der Waals surface area (Å²) >= 11 is 0. The molecule has 9 heteroatoms. The lowest BCUT2D eigenvalue weighted by Gasteiger charge is -2.27. The quantitative estimate of drug-likeness (QED) is 0.726. The number of nitrogens with one attached hydrogen (secondary N) is 1. The molecule has 1 amide bonds. The van der Waals surface area contributed by atoms with Gasteiger partial charge in [-0.05, 0) is 36.8 Å². The topological polar surface area (TPSA) is 79.0 Å². The molecule has 0 aliphatic heterocycles. The number of hydrogen-bond donors (Lipinski definition) is 1. The molecular weight excluding hydrogens is 385 g/mol. The maximum atomic E-state index is 14.2. The van der Waals surface area contributed by atoms with E-state index in [1.165, 1.54) is 32.3 Å². The van der Waals surface area contributed by atoms with Crippen molar-refractivity contribution >= 4 is 21.8 Å². The molecule has 0 radical (unpaired) electrons. The van der Waals surface area contributed by atoms with E-state index in [0.29, 0.717) is 5.75 Å². The fourth-order valence-corrected chi connectivity index (χ4v) is 3.61. The van der Waals surface area contributed by atoms with Gasteiger partial charge >= 0.3 is 10.2 Å². The summed E-state index contributed by atoms with van der Waals surface area (Å²) < 4.78 is 46.3. The highest BCUT2D eigenvalue weighted by Crippen LogP contribution is 2.23. The van der Waals surface area contributed by atoms with Crippen LogP contribution in [-0.2, 0) is 15.0 Å². The zero-order valence-electron chi connectivity index (χ0n) is 16.2. The first-order valence-corrected chi connectivity index (χ1v) is 9.94. The van der Waals surface area contributed by atoms with E-state index >= 15 is 0 Å². The van der Waals surface area contributed by atoms with Gasteiger partial charge in [0.25, 0.3) is 0 Å². The van der Waals surface area contributed by atoms with Gasteiger partial charge in [0.2, 0.25) is 5.91 Å². The van der Waals surface area contributed by atoms with Crippen LogP contribution in [0.15, 0.2) is 48.5 Å². The summed E-state index contributed by atoms with van der Waals surface area (Å²) in [6.45, 7) is 1.22. The second-order valence-corrected chi connectivity index (χ2v) is 8.38. The van der Waals surface area contributed by atoms with Crippen LogP contribution in [0.2, 0.25) is 0 Å². The van der Waals surface area contributed by atoms with E-state index in [1.54, 1.807) is 38.3 Å². The third-order valence-corrected chi connectivity index (χ3v) is 5.95. The first kappa shape index (κ1) is 21.6. The first-order valence-electron chi connectivity index (χ1n) is 8.55. The SMILES string of the molecule is COc1ccc(C(C)NC(=O)CN(c2ccccc2F)S(=O)(=O)N(C)C)cc1. The molecule has 0 spiro atoms. The molecule has 1 atom stereocenters. The summed E-state index contributed by atoms with van der Waals surface area (Å²) in [6, 6.07) is 12.2. The zero-order chi connectivity index (χ0) is 20.9. The summed E-state index contributed by atoms with van der Waals surface area (Å²) in [5.74, 6) is -0.606. The number of rotatable bonds is 8. The van der Waals surface area contributed by atoms with Crippen LogP contribution in [0, 0.1) is 5.82 Å². The molecular formula is C19H24FN3O4S. The Labute approximate surface area is 164 Å². The lowest BCUT2D eigenvalue weighted by atomic mass is 10.1. The number of halogens is 1. The Kier molecular flexibility index (Phi) is 6.98. The van der Waals surface area contributed by atoms with Gasteiger partial charge in [-0.15, -0.1) is 0 Å². The van der Waals surface area contributed by atoms with Gasteiger partial charge < -0.3 is 10.1 Å². The van der Waals surface area contributed by atoms with E-state index in [9.17, 15) is 17.6 Å². The maximum Gasteiger partial charge on any atom is 0.304 e. The highest BCUT2D eigenvalue weighted by atomic mass is 32.2. The van der Waals surface area contributed by atoms with Crippen molar-refractivity contribution in [2.45, 2.75) is 13.0 Å². The average molecular weight is 409 g/mol. The van der Waals surface area contributed by atoms with Crippen molar-refractivity contribution in [3.63, 3.8) is 0 Å². The number of amides is 1. The molecule has 0 bridgehead atoms. The number of benzene rings is 2. The molecule has 7 nitrogen and oxygen atoms in total. The number of methoxy groups -OCH3 is 1. The van der Waals surface area contributed by atoms with E-state index in [4.69, 9.17) is 4.74 Å². The van der Waals surface area contributed by atoms with Gasteiger partial charge in [0.1, 0.15) is 18.1 Å². The summed E-state index contributed by atoms with van der Waals surface area (Å²) in [4.78, 5) is 12.5. The molecule has 0 saturated heterocycles.